The van der Waals surface area contributed by atoms with Crippen LogP contribution >= 0.6 is 11.3 Å². The molecule has 2 N–H and O–H groups in total. The van der Waals surface area contributed by atoms with Gasteiger partial charge in [-0.2, -0.15) is 0 Å². The monoisotopic (exact) mass is 396 g/mol. The molecule has 2 aromatic carbocycles. The molecule has 0 aliphatic heterocycles. The van der Waals surface area contributed by atoms with Crippen LogP contribution < -0.4 is 10.6 Å². The second kappa shape index (κ2) is 9.09. The Morgan fingerprint density at radius 2 is 1.96 bits per heavy atom. The number of non-ortho nitro benzene ring substituents is 1. The number of nitrogens with one attached hydrogen (secondary N) is 2. The van der Waals surface area contributed by atoms with Crippen LogP contribution in [0.25, 0.3) is 10.6 Å². The number of benzene rings is 2. The van der Waals surface area contributed by atoms with Gasteiger partial charge in [-0.3, -0.25) is 14.9 Å². The van der Waals surface area contributed by atoms with Gasteiger partial charge in [0.25, 0.3) is 5.69 Å². The Morgan fingerprint density at radius 1 is 1.18 bits per heavy atom. The first kappa shape index (κ1) is 19.5. The molecular weight excluding hydrogens is 376 g/mol. The lowest BCUT2D eigenvalue weighted by Gasteiger charge is -2.07. The second-order valence-corrected chi connectivity index (χ2v) is 7.13. The van der Waals surface area contributed by atoms with Crippen molar-refractivity contribution in [1.29, 1.82) is 0 Å². The summed E-state index contributed by atoms with van der Waals surface area (Å²) < 4.78 is 0. The zero-order valence-corrected chi connectivity index (χ0v) is 16.2. The first-order valence-corrected chi connectivity index (χ1v) is 9.66. The van der Waals surface area contributed by atoms with Crippen LogP contribution in [0.5, 0.6) is 0 Å². The van der Waals surface area contributed by atoms with E-state index in [-0.39, 0.29) is 18.0 Å². The Balaban J connectivity index is 1.43. The van der Waals surface area contributed by atoms with Crippen molar-refractivity contribution in [3.63, 3.8) is 0 Å². The van der Waals surface area contributed by atoms with Crippen molar-refractivity contribution >= 4 is 28.6 Å². The summed E-state index contributed by atoms with van der Waals surface area (Å²) in [6.45, 7) is 3.01. The normalized spacial score (nSPS) is 10.5. The van der Waals surface area contributed by atoms with Crippen LogP contribution in [0.1, 0.15) is 11.3 Å². The van der Waals surface area contributed by atoms with Gasteiger partial charge in [0.2, 0.25) is 5.91 Å². The van der Waals surface area contributed by atoms with E-state index in [0.29, 0.717) is 13.1 Å². The van der Waals surface area contributed by atoms with E-state index in [1.807, 2.05) is 30.5 Å². The molecule has 0 aliphatic rings. The summed E-state index contributed by atoms with van der Waals surface area (Å²) >= 11 is 1.53. The molecule has 0 aliphatic carbocycles. The number of anilines is 1. The van der Waals surface area contributed by atoms with E-state index in [2.05, 4.69) is 21.7 Å². The minimum atomic E-state index is -0.438. The summed E-state index contributed by atoms with van der Waals surface area (Å²) in [5.74, 6) is -0.0911. The molecule has 0 spiro atoms. The van der Waals surface area contributed by atoms with Crippen molar-refractivity contribution < 1.29 is 9.72 Å². The van der Waals surface area contributed by atoms with Crippen LogP contribution in [-0.2, 0) is 11.2 Å². The second-order valence-electron chi connectivity index (χ2n) is 6.27. The summed E-state index contributed by atoms with van der Waals surface area (Å²) in [6, 6.07) is 14.3. The molecule has 3 aromatic rings. The van der Waals surface area contributed by atoms with Gasteiger partial charge < -0.3 is 10.6 Å². The van der Waals surface area contributed by atoms with Gasteiger partial charge in [0.15, 0.2) is 0 Å². The van der Waals surface area contributed by atoms with Crippen LogP contribution in [0.3, 0.4) is 0 Å². The third kappa shape index (κ3) is 5.37. The molecule has 0 saturated heterocycles. The molecule has 3 rings (SSSR count). The van der Waals surface area contributed by atoms with Crippen molar-refractivity contribution in [2.75, 3.05) is 18.4 Å². The Morgan fingerprint density at radius 3 is 2.68 bits per heavy atom. The maximum atomic E-state index is 12.1. The highest BCUT2D eigenvalue weighted by molar-refractivity contribution is 7.13. The van der Waals surface area contributed by atoms with Gasteiger partial charge in [-0.25, -0.2) is 4.98 Å². The van der Waals surface area contributed by atoms with Crippen molar-refractivity contribution in [1.82, 2.24) is 10.3 Å². The van der Waals surface area contributed by atoms with E-state index in [4.69, 9.17) is 0 Å². The fraction of sp³-hybridized carbons (Fsp3) is 0.200. The molecule has 0 radical (unpaired) electrons. The molecule has 28 heavy (non-hydrogen) atoms. The fourth-order valence-electron chi connectivity index (χ4n) is 2.64. The molecule has 1 amide bonds. The van der Waals surface area contributed by atoms with Gasteiger partial charge >= 0.3 is 0 Å². The Hall–Kier alpha value is -3.26. The van der Waals surface area contributed by atoms with Gasteiger partial charge in [0, 0.05) is 41.9 Å². The number of thiazole rings is 1. The third-order valence-electron chi connectivity index (χ3n) is 4.01. The number of nitro benzene ring substituents is 1. The molecule has 0 bridgehead atoms. The molecular formula is C20H20N4O3S. The predicted molar refractivity (Wildman–Crippen MR) is 111 cm³/mol. The molecule has 1 aromatic heterocycles. The maximum absolute atomic E-state index is 12.1. The quantitative estimate of drug-likeness (QED) is 0.343. The van der Waals surface area contributed by atoms with Crippen molar-refractivity contribution in [3.05, 3.63) is 75.3 Å². The van der Waals surface area contributed by atoms with Gasteiger partial charge in [-0.05, 0) is 25.1 Å². The number of carbonyl (C=O) groups is 1. The molecule has 144 valence electrons. The Labute approximate surface area is 166 Å². The topological polar surface area (TPSA) is 97.2 Å². The summed E-state index contributed by atoms with van der Waals surface area (Å²) in [7, 11) is 0. The summed E-state index contributed by atoms with van der Waals surface area (Å²) in [5.41, 5.74) is 3.80. The molecule has 8 heteroatoms. The lowest BCUT2D eigenvalue weighted by atomic mass is 10.1. The van der Waals surface area contributed by atoms with Crippen molar-refractivity contribution in [3.8, 4) is 10.6 Å². The van der Waals surface area contributed by atoms with Crippen LogP contribution in [-0.4, -0.2) is 28.9 Å². The number of rotatable bonds is 8. The standard InChI is InChI=1S/C20H20N4O3S/c1-14-3-2-4-15(11-14)20-23-17(13-28-20)12-19(25)22-10-9-21-16-5-7-18(8-6-16)24(26)27/h2-8,11,13,21H,9-10,12H2,1H3,(H,22,25). The van der Waals surface area contributed by atoms with Gasteiger partial charge in [0.05, 0.1) is 17.0 Å². The number of hydrogen-bond acceptors (Lipinski definition) is 6. The number of hydrogen-bond donors (Lipinski definition) is 2. The van der Waals surface area contributed by atoms with E-state index in [0.717, 1.165) is 22.0 Å². The van der Waals surface area contributed by atoms with E-state index in [1.165, 1.54) is 29.0 Å². The fourth-order valence-corrected chi connectivity index (χ4v) is 3.45. The molecule has 1 heterocycles. The van der Waals surface area contributed by atoms with E-state index in [1.54, 1.807) is 12.1 Å². The van der Waals surface area contributed by atoms with Crippen molar-refractivity contribution in [2.24, 2.45) is 0 Å². The Kier molecular flexibility index (Phi) is 6.33. The largest absolute Gasteiger partial charge is 0.383 e. The molecule has 0 saturated carbocycles. The average Bonchev–Trinajstić information content (AvgIpc) is 3.14. The maximum Gasteiger partial charge on any atom is 0.269 e. The SMILES string of the molecule is Cc1cccc(-c2nc(CC(=O)NCCNc3ccc([N+](=O)[O-])cc3)cs2)c1. The average molecular weight is 396 g/mol. The number of aromatic nitrogens is 1. The molecule has 0 unspecified atom stereocenters. The zero-order valence-electron chi connectivity index (χ0n) is 15.3. The number of aryl methyl sites for hydroxylation is 1. The number of nitro groups is 1. The van der Waals surface area contributed by atoms with E-state index < -0.39 is 4.92 Å². The molecule has 0 atom stereocenters. The van der Waals surface area contributed by atoms with Crippen LogP contribution in [0, 0.1) is 17.0 Å². The highest BCUT2D eigenvalue weighted by atomic mass is 32.1. The number of amides is 1. The van der Waals surface area contributed by atoms with Gasteiger partial charge in [0.1, 0.15) is 5.01 Å². The zero-order chi connectivity index (χ0) is 19.9. The van der Waals surface area contributed by atoms with Crippen LogP contribution in [0.15, 0.2) is 53.9 Å². The summed E-state index contributed by atoms with van der Waals surface area (Å²) in [4.78, 5) is 26.8. The number of nitrogens with zero attached hydrogens (tertiary/aromatic N) is 2. The predicted octanol–water partition coefficient (Wildman–Crippen LogP) is 3.80. The Bertz CT molecular complexity index is 970. The van der Waals surface area contributed by atoms with Crippen LogP contribution in [0.2, 0.25) is 0 Å². The third-order valence-corrected chi connectivity index (χ3v) is 4.95. The summed E-state index contributed by atoms with van der Waals surface area (Å²) in [6.07, 6.45) is 0.236. The van der Waals surface area contributed by atoms with Crippen LogP contribution in [0.4, 0.5) is 11.4 Å². The first-order chi connectivity index (χ1) is 13.5. The van der Waals surface area contributed by atoms with E-state index >= 15 is 0 Å². The highest BCUT2D eigenvalue weighted by Gasteiger charge is 2.09. The first-order valence-electron chi connectivity index (χ1n) is 8.78. The molecule has 0 fully saturated rings. The smallest absolute Gasteiger partial charge is 0.269 e. The van der Waals surface area contributed by atoms with E-state index in [9.17, 15) is 14.9 Å². The lowest BCUT2D eigenvalue weighted by molar-refractivity contribution is -0.384. The van der Waals surface area contributed by atoms with Crippen molar-refractivity contribution in [2.45, 2.75) is 13.3 Å². The van der Waals surface area contributed by atoms with Gasteiger partial charge in [-0.15, -0.1) is 11.3 Å². The number of carbonyl (C=O) groups excluding carboxylic acids is 1. The van der Waals surface area contributed by atoms with Gasteiger partial charge in [-0.1, -0.05) is 23.8 Å². The minimum Gasteiger partial charge on any atom is -0.383 e. The highest BCUT2D eigenvalue weighted by Crippen LogP contribution is 2.24. The molecule has 7 nitrogen and oxygen atoms in total. The minimum absolute atomic E-state index is 0.0483. The summed E-state index contributed by atoms with van der Waals surface area (Å²) in [5, 5.41) is 19.4. The lowest BCUT2D eigenvalue weighted by Crippen LogP contribution is -2.30.